The number of nitrogens with zero attached hydrogens (tertiary/aromatic N) is 1. The van der Waals surface area contributed by atoms with E-state index in [0.717, 1.165) is 17.0 Å². The number of carbonyl (C=O) groups excluding carboxylic acids is 1. The molecule has 0 amide bonds. The Morgan fingerprint density at radius 3 is 2.28 bits per heavy atom. The number of aromatic nitrogens is 1. The van der Waals surface area contributed by atoms with Gasteiger partial charge in [-0.1, -0.05) is 6.07 Å². The van der Waals surface area contributed by atoms with Crippen molar-refractivity contribution in [2.24, 2.45) is 0 Å². The molecule has 18 heavy (non-hydrogen) atoms. The molecule has 1 rings (SSSR count). The summed E-state index contributed by atoms with van der Waals surface area (Å²) in [5.41, 5.74) is -1.23. The molecule has 0 aliphatic rings. The van der Waals surface area contributed by atoms with Crippen molar-refractivity contribution in [3.8, 4) is 0 Å². The van der Waals surface area contributed by atoms with Crippen LogP contribution in [0.2, 0.25) is 0 Å². The lowest BCUT2D eigenvalue weighted by Crippen LogP contribution is -2.41. The Morgan fingerprint density at radius 2 is 1.83 bits per heavy atom. The summed E-state index contributed by atoms with van der Waals surface area (Å²) in [6.07, 6.45) is -2.42. The lowest BCUT2D eigenvalue weighted by molar-refractivity contribution is -0.596. The zero-order valence-electron chi connectivity index (χ0n) is 9.40. The van der Waals surface area contributed by atoms with Crippen LogP contribution < -0.4 is 4.57 Å². The van der Waals surface area contributed by atoms with Crippen molar-refractivity contribution in [2.45, 2.75) is 13.1 Å². The maximum absolute atomic E-state index is 12.9. The summed E-state index contributed by atoms with van der Waals surface area (Å²) in [5, 5.41) is 0. The first-order valence-electron chi connectivity index (χ1n) is 5.00. The number of esters is 1. The van der Waals surface area contributed by atoms with E-state index >= 15 is 0 Å². The van der Waals surface area contributed by atoms with E-state index in [1.54, 1.807) is 6.07 Å². The van der Waals surface area contributed by atoms with Crippen LogP contribution in [-0.4, -0.2) is 18.8 Å². The highest BCUT2D eigenvalue weighted by Crippen LogP contribution is 2.28. The molecule has 0 radical (unpaired) electrons. The first-order valence-corrected chi connectivity index (χ1v) is 5.41. The number of carbonyl (C=O) groups is 1. The maximum atomic E-state index is 12.9. The molecule has 0 atom stereocenters. The third kappa shape index (κ3) is 3.43. The fourth-order valence-electron chi connectivity index (χ4n) is 1.23. The number of hydrogen-bond donors (Lipinski definition) is 0. The quantitative estimate of drug-likeness (QED) is 0.365. The van der Waals surface area contributed by atoms with Crippen LogP contribution in [0.25, 0.3) is 5.70 Å². The van der Waals surface area contributed by atoms with Crippen molar-refractivity contribution in [1.29, 1.82) is 0 Å². The predicted molar refractivity (Wildman–Crippen MR) is 59.9 cm³/mol. The van der Waals surface area contributed by atoms with Gasteiger partial charge in [0, 0.05) is 12.1 Å². The SMILES string of the molecule is CCOC(=O)C([S-])=C([n+]1ccccc1)C(F)(F)F. The highest BCUT2D eigenvalue weighted by Gasteiger charge is 2.43. The van der Waals surface area contributed by atoms with Gasteiger partial charge in [-0.25, -0.2) is 4.79 Å². The van der Waals surface area contributed by atoms with Crippen molar-refractivity contribution in [2.75, 3.05) is 6.61 Å². The first-order chi connectivity index (χ1) is 8.38. The molecule has 0 fully saturated rings. The number of rotatable bonds is 3. The van der Waals surface area contributed by atoms with Gasteiger partial charge in [0.15, 0.2) is 12.4 Å². The highest BCUT2D eigenvalue weighted by molar-refractivity contribution is 7.65. The van der Waals surface area contributed by atoms with E-state index in [2.05, 4.69) is 17.4 Å². The van der Waals surface area contributed by atoms with Gasteiger partial charge in [0.25, 0.3) is 5.70 Å². The van der Waals surface area contributed by atoms with Crippen LogP contribution in [0.3, 0.4) is 0 Å². The summed E-state index contributed by atoms with van der Waals surface area (Å²) in [4.78, 5) is 10.4. The molecular formula is C11H10F3NO2S. The molecule has 0 unspecified atom stereocenters. The molecule has 0 saturated carbocycles. The third-order valence-electron chi connectivity index (χ3n) is 1.92. The molecule has 1 heterocycles. The lowest BCUT2D eigenvalue weighted by atomic mass is 10.3. The van der Waals surface area contributed by atoms with E-state index in [0.29, 0.717) is 0 Å². The molecule has 7 heteroatoms. The monoisotopic (exact) mass is 277 g/mol. The Hall–Kier alpha value is -1.63. The maximum Gasteiger partial charge on any atom is 0.476 e. The minimum atomic E-state index is -4.74. The van der Waals surface area contributed by atoms with Gasteiger partial charge in [0.2, 0.25) is 0 Å². The molecular weight excluding hydrogens is 267 g/mol. The van der Waals surface area contributed by atoms with Gasteiger partial charge in [-0.3, -0.25) is 0 Å². The van der Waals surface area contributed by atoms with Crippen LogP contribution in [0.1, 0.15) is 6.92 Å². The van der Waals surface area contributed by atoms with Crippen molar-refractivity contribution in [3.63, 3.8) is 0 Å². The molecule has 1 aromatic rings. The second-order valence-electron chi connectivity index (χ2n) is 3.18. The van der Waals surface area contributed by atoms with Crippen molar-refractivity contribution < 1.29 is 27.3 Å². The first kappa shape index (κ1) is 14.4. The Kier molecular flexibility index (Phi) is 4.66. The molecule has 0 aliphatic heterocycles. The number of alkyl halides is 3. The largest absolute Gasteiger partial charge is 0.766 e. The van der Waals surface area contributed by atoms with Gasteiger partial charge >= 0.3 is 12.1 Å². The molecule has 0 N–H and O–H groups in total. The minimum Gasteiger partial charge on any atom is -0.766 e. The van der Waals surface area contributed by atoms with Gasteiger partial charge in [-0.2, -0.15) is 17.7 Å². The van der Waals surface area contributed by atoms with Crippen LogP contribution in [-0.2, 0) is 22.2 Å². The number of allylic oxidation sites excluding steroid dienone is 1. The van der Waals surface area contributed by atoms with Crippen molar-refractivity contribution >= 4 is 24.3 Å². The summed E-state index contributed by atoms with van der Waals surface area (Å²) in [6, 6.07) is 4.36. The van der Waals surface area contributed by atoms with Gasteiger partial charge in [-0.05, 0) is 11.8 Å². The van der Waals surface area contributed by atoms with Crippen molar-refractivity contribution in [3.05, 3.63) is 35.5 Å². The Morgan fingerprint density at radius 1 is 1.28 bits per heavy atom. The second kappa shape index (κ2) is 5.81. The third-order valence-corrected chi connectivity index (χ3v) is 2.28. The van der Waals surface area contributed by atoms with Crippen LogP contribution in [0, 0.1) is 0 Å². The molecule has 0 saturated heterocycles. The second-order valence-corrected chi connectivity index (χ2v) is 3.59. The molecule has 0 aliphatic carbocycles. The van der Waals surface area contributed by atoms with Gasteiger partial charge < -0.3 is 17.4 Å². The van der Waals surface area contributed by atoms with E-state index in [1.807, 2.05) is 0 Å². The van der Waals surface area contributed by atoms with Crippen LogP contribution in [0.15, 0.2) is 35.5 Å². The zero-order chi connectivity index (χ0) is 13.8. The van der Waals surface area contributed by atoms with Gasteiger partial charge in [0.1, 0.15) is 0 Å². The number of hydrogen-bond acceptors (Lipinski definition) is 3. The van der Waals surface area contributed by atoms with E-state index in [1.165, 1.54) is 19.1 Å². The molecule has 3 nitrogen and oxygen atoms in total. The molecule has 98 valence electrons. The smallest absolute Gasteiger partial charge is 0.476 e. The van der Waals surface area contributed by atoms with E-state index in [4.69, 9.17) is 0 Å². The Balaban J connectivity index is 3.31. The fraction of sp³-hybridized carbons (Fsp3) is 0.273. The van der Waals surface area contributed by atoms with Crippen LogP contribution >= 0.6 is 0 Å². The Bertz CT molecular complexity index is 457. The van der Waals surface area contributed by atoms with Crippen LogP contribution in [0.5, 0.6) is 0 Å². The Labute approximate surface area is 107 Å². The standard InChI is InChI=1S/C11H10F3NO2S/c1-2-17-10(16)8(18)9(11(12,13)14)15-6-4-3-5-7-15/h3-7H,2H2,1H3. The van der Waals surface area contributed by atoms with E-state index in [9.17, 15) is 18.0 Å². The average Bonchev–Trinajstić information content (AvgIpc) is 2.29. The molecule has 0 aromatic carbocycles. The molecule has 1 aromatic heterocycles. The lowest BCUT2D eigenvalue weighted by Gasteiger charge is -2.15. The van der Waals surface area contributed by atoms with Crippen molar-refractivity contribution in [1.82, 2.24) is 0 Å². The summed E-state index contributed by atoms with van der Waals surface area (Å²) < 4.78 is 43.9. The van der Waals surface area contributed by atoms with Gasteiger partial charge in [0.05, 0.1) is 6.61 Å². The van der Waals surface area contributed by atoms with E-state index < -0.39 is 22.7 Å². The summed E-state index contributed by atoms with van der Waals surface area (Å²) >= 11 is 4.54. The summed E-state index contributed by atoms with van der Waals surface area (Å²) in [6.45, 7) is 1.45. The topological polar surface area (TPSA) is 30.2 Å². The van der Waals surface area contributed by atoms with Crippen LogP contribution in [0.4, 0.5) is 13.2 Å². The number of ether oxygens (including phenoxy) is 1. The molecule has 0 spiro atoms. The molecule has 0 bridgehead atoms. The zero-order valence-corrected chi connectivity index (χ0v) is 10.2. The number of pyridine rings is 1. The number of halogens is 3. The minimum absolute atomic E-state index is 0.0381. The summed E-state index contributed by atoms with van der Waals surface area (Å²) in [7, 11) is 0. The highest BCUT2D eigenvalue weighted by atomic mass is 32.1. The average molecular weight is 277 g/mol. The van der Waals surface area contributed by atoms with E-state index in [-0.39, 0.29) is 6.61 Å². The fourth-order valence-corrected chi connectivity index (χ4v) is 1.51. The predicted octanol–water partition coefficient (Wildman–Crippen LogP) is 1.81. The summed E-state index contributed by atoms with van der Waals surface area (Å²) in [5.74, 6) is -1.16. The van der Waals surface area contributed by atoms with Gasteiger partial charge in [-0.15, -0.1) is 0 Å². The normalized spacial score (nSPS) is 12.9.